The number of carbonyl (C=O) groups excluding carboxylic acids is 2. The van der Waals surface area contributed by atoms with Crippen LogP contribution in [0.1, 0.15) is 27.8 Å². The van der Waals surface area contributed by atoms with Crippen molar-refractivity contribution >= 4 is 17.5 Å². The molecule has 1 aromatic carbocycles. The highest BCUT2D eigenvalue weighted by Gasteiger charge is 2.21. The summed E-state index contributed by atoms with van der Waals surface area (Å²) in [5.41, 5.74) is 2.87. The number of carbonyl (C=O) groups is 2. The largest absolute Gasteiger partial charge is 0.459 e. The summed E-state index contributed by atoms with van der Waals surface area (Å²) >= 11 is 0. The van der Waals surface area contributed by atoms with Crippen LogP contribution in [-0.4, -0.2) is 34.7 Å². The fourth-order valence-corrected chi connectivity index (χ4v) is 3.17. The number of ether oxygens (including phenoxy) is 1. The quantitative estimate of drug-likeness (QED) is 0.683. The van der Waals surface area contributed by atoms with Gasteiger partial charge < -0.3 is 19.8 Å². The highest BCUT2D eigenvalue weighted by Crippen LogP contribution is 2.26. The number of nitrogens with one attached hydrogen (secondary N) is 2. The fraction of sp³-hybridized carbons (Fsp3) is 0.250. The Kier molecular flexibility index (Phi) is 5.20. The molecule has 1 aliphatic rings. The van der Waals surface area contributed by atoms with E-state index in [2.05, 4.69) is 21.8 Å². The number of hydrogen-bond donors (Lipinski definition) is 2. The monoisotopic (exact) mass is 380 g/mol. The number of benzene rings is 1. The van der Waals surface area contributed by atoms with Gasteiger partial charge in [-0.1, -0.05) is 24.3 Å². The molecule has 4 rings (SSSR count). The number of anilines is 1. The Morgan fingerprint density at radius 1 is 1.21 bits per heavy atom. The van der Waals surface area contributed by atoms with E-state index in [4.69, 9.17) is 9.15 Å². The van der Waals surface area contributed by atoms with Crippen LogP contribution >= 0.6 is 0 Å². The molecule has 8 heteroatoms. The van der Waals surface area contributed by atoms with Crippen molar-refractivity contribution in [3.63, 3.8) is 0 Å². The Morgan fingerprint density at radius 2 is 2.11 bits per heavy atom. The number of fused-ring (bicyclic) bond motifs is 1. The minimum Gasteiger partial charge on any atom is -0.459 e. The first-order chi connectivity index (χ1) is 13.7. The summed E-state index contributed by atoms with van der Waals surface area (Å²) in [6.07, 6.45) is 5.24. The predicted molar refractivity (Wildman–Crippen MR) is 101 cm³/mol. The van der Waals surface area contributed by atoms with Crippen LogP contribution in [0.2, 0.25) is 0 Å². The summed E-state index contributed by atoms with van der Waals surface area (Å²) in [5.74, 6) is -0.348. The van der Waals surface area contributed by atoms with Gasteiger partial charge in [-0.3, -0.25) is 14.3 Å². The molecule has 0 radical (unpaired) electrons. The molecule has 8 nitrogen and oxygen atoms in total. The first kappa shape index (κ1) is 18.0. The lowest BCUT2D eigenvalue weighted by Crippen LogP contribution is -2.34. The SMILES string of the molecule is O=C(Cn1cc(NC(=O)c2ccco2)cn1)NC[C@H]1OCCc2ccccc21. The average molecular weight is 380 g/mol. The molecule has 0 unspecified atom stereocenters. The van der Waals surface area contributed by atoms with Crippen LogP contribution < -0.4 is 10.6 Å². The Balaban J connectivity index is 1.29. The number of furan rings is 1. The van der Waals surface area contributed by atoms with Crippen LogP contribution in [-0.2, 0) is 22.5 Å². The van der Waals surface area contributed by atoms with Crippen LogP contribution in [0, 0.1) is 0 Å². The van der Waals surface area contributed by atoms with Gasteiger partial charge in [-0.25, -0.2) is 0 Å². The van der Waals surface area contributed by atoms with Crippen LogP contribution in [0.3, 0.4) is 0 Å². The van der Waals surface area contributed by atoms with Gasteiger partial charge in [-0.05, 0) is 29.7 Å². The van der Waals surface area contributed by atoms with Gasteiger partial charge in [-0.15, -0.1) is 0 Å². The summed E-state index contributed by atoms with van der Waals surface area (Å²) in [6, 6.07) is 11.3. The molecule has 0 aliphatic carbocycles. The molecule has 0 saturated carbocycles. The molecule has 3 aromatic rings. The van der Waals surface area contributed by atoms with E-state index in [9.17, 15) is 9.59 Å². The highest BCUT2D eigenvalue weighted by molar-refractivity contribution is 6.02. The smallest absolute Gasteiger partial charge is 0.291 e. The Bertz CT molecular complexity index is 964. The van der Waals surface area contributed by atoms with Gasteiger partial charge in [0.2, 0.25) is 5.91 Å². The van der Waals surface area contributed by atoms with Crippen molar-refractivity contribution in [2.45, 2.75) is 19.1 Å². The molecule has 2 N–H and O–H groups in total. The van der Waals surface area contributed by atoms with Crippen LogP contribution in [0.15, 0.2) is 59.5 Å². The van der Waals surface area contributed by atoms with E-state index >= 15 is 0 Å². The summed E-state index contributed by atoms with van der Waals surface area (Å²) in [6.45, 7) is 1.10. The minimum atomic E-state index is -0.373. The molecule has 0 spiro atoms. The van der Waals surface area contributed by atoms with E-state index in [1.807, 2.05) is 18.2 Å². The third kappa shape index (κ3) is 4.12. The average Bonchev–Trinajstić information content (AvgIpc) is 3.39. The summed E-state index contributed by atoms with van der Waals surface area (Å²) in [4.78, 5) is 24.2. The molecule has 0 saturated heterocycles. The van der Waals surface area contributed by atoms with Crippen molar-refractivity contribution in [1.82, 2.24) is 15.1 Å². The molecule has 1 aliphatic heterocycles. The molecule has 0 bridgehead atoms. The van der Waals surface area contributed by atoms with Crippen molar-refractivity contribution in [1.29, 1.82) is 0 Å². The van der Waals surface area contributed by atoms with Crippen molar-refractivity contribution in [3.05, 3.63) is 71.9 Å². The van der Waals surface area contributed by atoms with E-state index < -0.39 is 0 Å². The van der Waals surface area contributed by atoms with Crippen LogP contribution in [0.5, 0.6) is 0 Å². The first-order valence-corrected chi connectivity index (χ1v) is 9.02. The number of hydrogen-bond acceptors (Lipinski definition) is 5. The lowest BCUT2D eigenvalue weighted by Gasteiger charge is -2.26. The van der Waals surface area contributed by atoms with Gasteiger partial charge in [0.1, 0.15) is 12.6 Å². The summed E-state index contributed by atoms with van der Waals surface area (Å²) in [7, 11) is 0. The number of rotatable bonds is 6. The van der Waals surface area contributed by atoms with Gasteiger partial charge in [0.05, 0.1) is 24.8 Å². The molecular weight excluding hydrogens is 360 g/mol. The summed E-state index contributed by atoms with van der Waals surface area (Å²) < 4.78 is 12.3. The molecule has 3 heterocycles. The van der Waals surface area contributed by atoms with E-state index in [0.717, 1.165) is 12.0 Å². The number of nitrogens with zero attached hydrogens (tertiary/aromatic N) is 2. The number of amides is 2. The normalized spacial score (nSPS) is 15.6. The van der Waals surface area contributed by atoms with E-state index in [-0.39, 0.29) is 30.2 Å². The highest BCUT2D eigenvalue weighted by atomic mass is 16.5. The molecule has 144 valence electrons. The van der Waals surface area contributed by atoms with Crippen molar-refractivity contribution < 1.29 is 18.7 Å². The molecule has 0 fully saturated rings. The van der Waals surface area contributed by atoms with Gasteiger partial charge >= 0.3 is 0 Å². The van der Waals surface area contributed by atoms with Gasteiger partial charge in [0, 0.05) is 12.7 Å². The Morgan fingerprint density at radius 3 is 2.96 bits per heavy atom. The topological polar surface area (TPSA) is 98.4 Å². The first-order valence-electron chi connectivity index (χ1n) is 9.02. The van der Waals surface area contributed by atoms with Crippen molar-refractivity contribution in [2.75, 3.05) is 18.5 Å². The predicted octanol–water partition coefficient (Wildman–Crippen LogP) is 2.16. The zero-order valence-corrected chi connectivity index (χ0v) is 15.1. The lowest BCUT2D eigenvalue weighted by atomic mass is 9.97. The lowest BCUT2D eigenvalue weighted by molar-refractivity contribution is -0.122. The second kappa shape index (κ2) is 8.10. The third-order valence-corrected chi connectivity index (χ3v) is 4.52. The van der Waals surface area contributed by atoms with Gasteiger partial charge in [-0.2, -0.15) is 5.10 Å². The second-order valence-electron chi connectivity index (χ2n) is 6.47. The maximum Gasteiger partial charge on any atom is 0.291 e. The van der Waals surface area contributed by atoms with Gasteiger partial charge in [0.25, 0.3) is 5.91 Å². The van der Waals surface area contributed by atoms with E-state index in [1.54, 1.807) is 18.3 Å². The Hall–Kier alpha value is -3.39. The third-order valence-electron chi connectivity index (χ3n) is 4.52. The Labute approximate surface area is 161 Å². The zero-order chi connectivity index (χ0) is 19.3. The second-order valence-corrected chi connectivity index (χ2v) is 6.47. The minimum absolute atomic E-state index is 0.0466. The fourth-order valence-electron chi connectivity index (χ4n) is 3.17. The van der Waals surface area contributed by atoms with Crippen molar-refractivity contribution in [2.24, 2.45) is 0 Å². The zero-order valence-electron chi connectivity index (χ0n) is 15.1. The standard InChI is InChI=1S/C20H20N4O4/c25-19(21-11-18-16-5-2-1-4-14(16)7-9-28-18)13-24-12-15(10-22-24)23-20(26)17-6-3-8-27-17/h1-6,8,10,12,18H,7,9,11,13H2,(H,21,25)(H,23,26)/t18-/m1/s1. The molecule has 1 atom stereocenters. The maximum absolute atomic E-state index is 12.3. The van der Waals surface area contributed by atoms with E-state index in [1.165, 1.54) is 22.7 Å². The van der Waals surface area contributed by atoms with Crippen LogP contribution in [0.25, 0.3) is 0 Å². The molecule has 2 aromatic heterocycles. The molecule has 2 amide bonds. The van der Waals surface area contributed by atoms with Gasteiger partial charge in [0.15, 0.2) is 5.76 Å². The maximum atomic E-state index is 12.3. The number of aromatic nitrogens is 2. The van der Waals surface area contributed by atoms with E-state index in [0.29, 0.717) is 18.8 Å². The molecule has 28 heavy (non-hydrogen) atoms. The van der Waals surface area contributed by atoms with Crippen molar-refractivity contribution in [3.8, 4) is 0 Å². The summed E-state index contributed by atoms with van der Waals surface area (Å²) in [5, 5.41) is 9.65. The molecular formula is C20H20N4O4. The van der Waals surface area contributed by atoms with Crippen LogP contribution in [0.4, 0.5) is 5.69 Å².